The number of H-pyrrole nitrogens is 1. The van der Waals surface area contributed by atoms with Gasteiger partial charge >= 0.3 is 0 Å². The van der Waals surface area contributed by atoms with Gasteiger partial charge in [0.25, 0.3) is 5.22 Å². The van der Waals surface area contributed by atoms with Crippen LogP contribution in [-0.4, -0.2) is 31.0 Å². The van der Waals surface area contributed by atoms with Crippen LogP contribution in [0.1, 0.15) is 5.82 Å². The minimum atomic E-state index is -0.118. The van der Waals surface area contributed by atoms with E-state index in [1.807, 2.05) is 54.6 Å². The van der Waals surface area contributed by atoms with E-state index in [0.29, 0.717) is 16.9 Å². The molecule has 2 aromatic heterocycles. The summed E-state index contributed by atoms with van der Waals surface area (Å²) in [6, 6.07) is 16.9. The quantitative estimate of drug-likeness (QED) is 0.249. The van der Waals surface area contributed by atoms with Crippen molar-refractivity contribution in [3.8, 4) is 17.5 Å². The van der Waals surface area contributed by atoms with Gasteiger partial charge in [-0.1, -0.05) is 36.0 Å². The molecular weight excluding hydrogens is 442 g/mol. The van der Waals surface area contributed by atoms with E-state index in [2.05, 4.69) is 36.1 Å². The van der Waals surface area contributed by atoms with Crippen molar-refractivity contribution < 1.29 is 9.52 Å². The Hall–Kier alpha value is -3.09. The average molecular weight is 454 g/mol. The Balaban J connectivity index is 1.53. The molecule has 0 radical (unpaired) electrons. The largest absolute Gasteiger partial charge is 0.510 e. The van der Waals surface area contributed by atoms with Crippen molar-refractivity contribution >= 4 is 44.3 Å². The number of nitriles is 1. The molecule has 0 unspecified atom stereocenters. The van der Waals surface area contributed by atoms with Crippen LogP contribution < -0.4 is 0 Å². The summed E-state index contributed by atoms with van der Waals surface area (Å²) in [6.45, 7) is 0. The maximum absolute atomic E-state index is 10.4. The Morgan fingerprint density at radius 2 is 1.96 bits per heavy atom. The molecule has 2 N–H and O–H groups in total. The molecule has 28 heavy (non-hydrogen) atoms. The van der Waals surface area contributed by atoms with Crippen molar-refractivity contribution in [3.63, 3.8) is 0 Å². The van der Waals surface area contributed by atoms with Crippen molar-refractivity contribution in [1.82, 2.24) is 20.2 Å². The first-order valence-corrected chi connectivity index (χ1v) is 9.92. The summed E-state index contributed by atoms with van der Waals surface area (Å²) in [7, 11) is 0. The number of aromatic nitrogens is 4. The van der Waals surface area contributed by atoms with E-state index in [1.165, 1.54) is 0 Å². The number of aliphatic hydroxyl groups is 1. The zero-order chi connectivity index (χ0) is 19.5. The zero-order valence-corrected chi connectivity index (χ0v) is 16.7. The second-order valence-electron chi connectivity index (χ2n) is 5.68. The smallest absolute Gasteiger partial charge is 0.277 e. The van der Waals surface area contributed by atoms with Crippen molar-refractivity contribution in [2.75, 3.05) is 5.75 Å². The highest BCUT2D eigenvalue weighted by Gasteiger charge is 2.16. The molecule has 138 valence electrons. The highest BCUT2D eigenvalue weighted by atomic mass is 79.9. The number of halogens is 1. The Bertz CT molecular complexity index is 1190. The predicted octanol–water partition coefficient (Wildman–Crippen LogP) is 4.96. The topological polar surface area (TPSA) is 112 Å². The number of imidazole rings is 1. The third-order valence-electron chi connectivity index (χ3n) is 3.87. The van der Waals surface area contributed by atoms with Gasteiger partial charge in [-0.3, -0.25) is 0 Å². The second-order valence-corrected chi connectivity index (χ2v) is 7.46. The molecule has 4 aromatic rings. The molecule has 0 spiro atoms. The summed E-state index contributed by atoms with van der Waals surface area (Å²) < 4.78 is 6.48. The van der Waals surface area contributed by atoms with Crippen molar-refractivity contribution in [2.24, 2.45) is 0 Å². The van der Waals surface area contributed by atoms with Crippen LogP contribution in [-0.2, 0) is 0 Å². The van der Waals surface area contributed by atoms with Crippen LogP contribution in [0, 0.1) is 11.3 Å². The highest BCUT2D eigenvalue weighted by molar-refractivity contribution is 9.10. The van der Waals surface area contributed by atoms with Crippen LogP contribution >= 0.6 is 27.7 Å². The van der Waals surface area contributed by atoms with Gasteiger partial charge in [-0.2, -0.15) is 5.26 Å². The van der Waals surface area contributed by atoms with Gasteiger partial charge in [0, 0.05) is 4.47 Å². The number of nitrogens with one attached hydrogen (secondary N) is 1. The molecule has 0 bridgehead atoms. The zero-order valence-electron chi connectivity index (χ0n) is 14.3. The summed E-state index contributed by atoms with van der Waals surface area (Å²) in [4.78, 5) is 7.39. The summed E-state index contributed by atoms with van der Waals surface area (Å²) in [6.07, 6.45) is 0. The molecule has 0 fully saturated rings. The molecule has 2 aromatic carbocycles. The molecule has 0 aliphatic rings. The maximum atomic E-state index is 10.4. The first kappa shape index (κ1) is 18.3. The number of nitrogens with zero attached hydrogens (tertiary/aromatic N) is 4. The normalized spacial score (nSPS) is 12.0. The number of aromatic amines is 1. The van der Waals surface area contributed by atoms with Crippen molar-refractivity contribution in [1.29, 1.82) is 5.26 Å². The van der Waals surface area contributed by atoms with Gasteiger partial charge in [0.1, 0.15) is 17.4 Å². The number of allylic oxidation sites excluding steroid dienone is 1. The van der Waals surface area contributed by atoms with Crippen LogP contribution in [0.4, 0.5) is 0 Å². The number of benzene rings is 2. The van der Waals surface area contributed by atoms with E-state index in [-0.39, 0.29) is 17.1 Å². The molecule has 0 aliphatic heterocycles. The third kappa shape index (κ3) is 3.65. The lowest BCUT2D eigenvalue weighted by molar-refractivity contribution is 0.418. The fourth-order valence-electron chi connectivity index (χ4n) is 2.54. The standard InChI is InChI=1S/C19H12BrN5O2S/c20-13-6-2-1-5-11(13)18-24-25-19(27-18)28-10-16(26)12(9-21)17-22-14-7-3-4-8-15(14)23-17/h1-8,26H,10H2,(H,22,23). The van der Waals surface area contributed by atoms with E-state index in [9.17, 15) is 10.4 Å². The van der Waals surface area contributed by atoms with Crippen LogP contribution in [0.3, 0.4) is 0 Å². The summed E-state index contributed by atoms with van der Waals surface area (Å²) in [5.74, 6) is 0.669. The van der Waals surface area contributed by atoms with E-state index in [0.717, 1.165) is 32.8 Å². The van der Waals surface area contributed by atoms with Gasteiger partial charge in [-0.25, -0.2) is 4.98 Å². The number of hydrogen-bond acceptors (Lipinski definition) is 7. The number of fused-ring (bicyclic) bond motifs is 1. The van der Waals surface area contributed by atoms with Gasteiger partial charge < -0.3 is 14.5 Å². The molecule has 0 saturated carbocycles. The molecule has 2 heterocycles. The fourth-order valence-corrected chi connectivity index (χ4v) is 3.63. The lowest BCUT2D eigenvalue weighted by atomic mass is 10.2. The molecule has 9 heteroatoms. The fraction of sp³-hybridized carbons (Fsp3) is 0.0526. The number of thioether (sulfide) groups is 1. The molecule has 0 aliphatic carbocycles. The van der Waals surface area contributed by atoms with E-state index in [1.54, 1.807) is 0 Å². The van der Waals surface area contributed by atoms with E-state index < -0.39 is 0 Å². The summed E-state index contributed by atoms with van der Waals surface area (Å²) in [5, 5.41) is 28.2. The monoisotopic (exact) mass is 453 g/mol. The van der Waals surface area contributed by atoms with Crippen LogP contribution in [0.15, 0.2) is 68.4 Å². The number of para-hydroxylation sites is 2. The van der Waals surface area contributed by atoms with Crippen LogP contribution in [0.25, 0.3) is 28.1 Å². The van der Waals surface area contributed by atoms with Gasteiger partial charge in [-0.15, -0.1) is 10.2 Å². The molecule has 7 nitrogen and oxygen atoms in total. The van der Waals surface area contributed by atoms with Gasteiger partial charge in [0.2, 0.25) is 5.89 Å². The molecule has 0 saturated heterocycles. The number of hydrogen-bond donors (Lipinski definition) is 2. The minimum Gasteiger partial charge on any atom is -0.510 e. The molecule has 0 amide bonds. The van der Waals surface area contributed by atoms with Crippen molar-refractivity contribution in [3.05, 3.63) is 64.6 Å². The predicted molar refractivity (Wildman–Crippen MR) is 109 cm³/mol. The lowest BCUT2D eigenvalue weighted by Crippen LogP contribution is -1.95. The molecular formula is C19H12BrN5O2S. The third-order valence-corrected chi connectivity index (χ3v) is 5.39. The Morgan fingerprint density at radius 3 is 2.75 bits per heavy atom. The number of aliphatic hydroxyl groups excluding tert-OH is 1. The van der Waals surface area contributed by atoms with E-state index in [4.69, 9.17) is 4.42 Å². The first-order valence-electron chi connectivity index (χ1n) is 8.14. The Labute approximate surface area is 172 Å². The number of rotatable bonds is 5. The maximum Gasteiger partial charge on any atom is 0.277 e. The molecule has 4 rings (SSSR count). The van der Waals surface area contributed by atoms with Crippen LogP contribution in [0.5, 0.6) is 0 Å². The van der Waals surface area contributed by atoms with Gasteiger partial charge in [-0.05, 0) is 40.2 Å². The summed E-state index contributed by atoms with van der Waals surface area (Å²) in [5.41, 5.74) is 2.37. The summed E-state index contributed by atoms with van der Waals surface area (Å²) >= 11 is 4.58. The molecule has 0 atom stereocenters. The Kier molecular flexibility index (Phi) is 5.14. The highest BCUT2D eigenvalue weighted by Crippen LogP contribution is 2.30. The first-order chi connectivity index (χ1) is 13.7. The lowest BCUT2D eigenvalue weighted by Gasteiger charge is -2.00. The van der Waals surface area contributed by atoms with Crippen molar-refractivity contribution in [2.45, 2.75) is 5.22 Å². The second kappa shape index (κ2) is 7.88. The minimum absolute atomic E-state index is 0.0780. The SMILES string of the molecule is N#CC(=C(O)CSc1nnc(-c2ccccc2Br)o1)c1nc2ccccc2[nH]1. The van der Waals surface area contributed by atoms with Gasteiger partial charge in [0.15, 0.2) is 5.82 Å². The Morgan fingerprint density at radius 1 is 1.18 bits per heavy atom. The van der Waals surface area contributed by atoms with Crippen LogP contribution in [0.2, 0.25) is 0 Å². The van der Waals surface area contributed by atoms with Gasteiger partial charge in [0.05, 0.1) is 22.3 Å². The average Bonchev–Trinajstić information content (AvgIpc) is 3.34. The van der Waals surface area contributed by atoms with E-state index >= 15 is 0 Å².